The SMILES string of the molecule is COc1ccc2nc(-c3nn[nH]n3)[nH]c2c1. The summed E-state index contributed by atoms with van der Waals surface area (Å²) >= 11 is 0. The van der Waals surface area contributed by atoms with Crippen LogP contribution in [0.2, 0.25) is 0 Å². The first kappa shape index (κ1) is 8.84. The van der Waals surface area contributed by atoms with Crippen LogP contribution in [0.5, 0.6) is 5.75 Å². The summed E-state index contributed by atoms with van der Waals surface area (Å²) in [5.41, 5.74) is 1.71. The van der Waals surface area contributed by atoms with Crippen LogP contribution in [-0.2, 0) is 0 Å². The third kappa shape index (κ3) is 1.29. The Morgan fingerprint density at radius 3 is 3.00 bits per heavy atom. The van der Waals surface area contributed by atoms with Crippen LogP contribution >= 0.6 is 0 Å². The van der Waals surface area contributed by atoms with Gasteiger partial charge in [0.25, 0.3) is 0 Å². The number of aromatic amines is 2. The first-order valence-electron chi connectivity index (χ1n) is 4.64. The van der Waals surface area contributed by atoms with Crippen LogP contribution in [0.25, 0.3) is 22.7 Å². The van der Waals surface area contributed by atoms with Crippen LogP contribution < -0.4 is 4.74 Å². The molecular weight excluding hydrogens is 208 g/mol. The highest BCUT2D eigenvalue weighted by Gasteiger charge is 2.09. The van der Waals surface area contributed by atoms with E-state index >= 15 is 0 Å². The van der Waals surface area contributed by atoms with E-state index in [9.17, 15) is 0 Å². The molecule has 0 aliphatic rings. The summed E-state index contributed by atoms with van der Waals surface area (Å²) < 4.78 is 5.12. The van der Waals surface area contributed by atoms with Gasteiger partial charge in [-0.05, 0) is 17.3 Å². The first-order chi connectivity index (χ1) is 7.86. The van der Waals surface area contributed by atoms with Crippen molar-refractivity contribution >= 4 is 11.0 Å². The molecule has 3 rings (SSSR count). The molecule has 7 nitrogen and oxygen atoms in total. The molecule has 3 aromatic rings. The van der Waals surface area contributed by atoms with Gasteiger partial charge in [-0.2, -0.15) is 5.21 Å². The number of hydrogen-bond acceptors (Lipinski definition) is 5. The summed E-state index contributed by atoms with van der Waals surface area (Å²) in [4.78, 5) is 7.43. The van der Waals surface area contributed by atoms with Crippen molar-refractivity contribution in [1.29, 1.82) is 0 Å². The predicted molar refractivity (Wildman–Crippen MR) is 55.8 cm³/mol. The highest BCUT2D eigenvalue weighted by atomic mass is 16.5. The number of methoxy groups -OCH3 is 1. The third-order valence-electron chi connectivity index (χ3n) is 2.25. The summed E-state index contributed by atoms with van der Waals surface area (Å²) in [6, 6.07) is 5.59. The highest BCUT2D eigenvalue weighted by Crippen LogP contribution is 2.21. The Hall–Kier alpha value is -2.44. The molecule has 0 aliphatic heterocycles. The van der Waals surface area contributed by atoms with E-state index in [1.54, 1.807) is 7.11 Å². The van der Waals surface area contributed by atoms with Crippen molar-refractivity contribution in [2.45, 2.75) is 0 Å². The minimum absolute atomic E-state index is 0.440. The topological polar surface area (TPSA) is 92.4 Å². The zero-order chi connectivity index (χ0) is 11.0. The molecular formula is C9H8N6O. The van der Waals surface area contributed by atoms with E-state index in [1.165, 1.54) is 0 Å². The van der Waals surface area contributed by atoms with Crippen molar-refractivity contribution in [3.8, 4) is 17.4 Å². The molecule has 0 saturated heterocycles. The maximum absolute atomic E-state index is 5.12. The van der Waals surface area contributed by atoms with Gasteiger partial charge in [0.2, 0.25) is 5.82 Å². The minimum atomic E-state index is 0.440. The number of nitrogens with zero attached hydrogens (tertiary/aromatic N) is 4. The van der Waals surface area contributed by atoms with E-state index < -0.39 is 0 Å². The zero-order valence-electron chi connectivity index (χ0n) is 8.43. The fourth-order valence-electron chi connectivity index (χ4n) is 1.48. The monoisotopic (exact) mass is 216 g/mol. The normalized spacial score (nSPS) is 10.8. The van der Waals surface area contributed by atoms with Crippen molar-refractivity contribution in [3.63, 3.8) is 0 Å². The van der Waals surface area contributed by atoms with Gasteiger partial charge in [0.15, 0.2) is 5.82 Å². The van der Waals surface area contributed by atoms with Crippen molar-refractivity contribution in [2.75, 3.05) is 7.11 Å². The summed E-state index contributed by atoms with van der Waals surface area (Å²) in [5, 5.41) is 13.6. The quantitative estimate of drug-likeness (QED) is 0.659. The Balaban J connectivity index is 2.16. The Morgan fingerprint density at radius 1 is 1.31 bits per heavy atom. The Labute approximate surface area is 89.9 Å². The summed E-state index contributed by atoms with van der Waals surface area (Å²) in [7, 11) is 1.62. The number of rotatable bonds is 2. The number of tetrazole rings is 1. The Kier molecular flexibility index (Phi) is 1.82. The zero-order valence-corrected chi connectivity index (χ0v) is 8.43. The highest BCUT2D eigenvalue weighted by molar-refractivity contribution is 5.79. The number of ether oxygens (including phenoxy) is 1. The Morgan fingerprint density at radius 2 is 2.25 bits per heavy atom. The van der Waals surface area contributed by atoms with Gasteiger partial charge in [-0.1, -0.05) is 0 Å². The number of H-pyrrole nitrogens is 2. The van der Waals surface area contributed by atoms with Gasteiger partial charge in [0.05, 0.1) is 18.1 Å². The third-order valence-corrected chi connectivity index (χ3v) is 2.25. The van der Waals surface area contributed by atoms with Gasteiger partial charge in [0.1, 0.15) is 5.75 Å². The van der Waals surface area contributed by atoms with Crippen LogP contribution in [-0.4, -0.2) is 37.7 Å². The molecule has 1 aromatic carbocycles. The second kappa shape index (κ2) is 3.30. The number of benzene rings is 1. The van der Waals surface area contributed by atoms with Gasteiger partial charge in [-0.25, -0.2) is 4.98 Å². The molecule has 7 heteroatoms. The van der Waals surface area contributed by atoms with Gasteiger partial charge in [-0.3, -0.25) is 0 Å². The van der Waals surface area contributed by atoms with E-state index in [2.05, 4.69) is 30.6 Å². The van der Waals surface area contributed by atoms with Crippen LogP contribution in [0.15, 0.2) is 18.2 Å². The number of imidazole rings is 1. The van der Waals surface area contributed by atoms with Crippen LogP contribution in [0.4, 0.5) is 0 Å². The molecule has 0 atom stereocenters. The number of fused-ring (bicyclic) bond motifs is 1. The molecule has 0 fully saturated rings. The lowest BCUT2D eigenvalue weighted by atomic mass is 10.3. The van der Waals surface area contributed by atoms with Crippen molar-refractivity contribution < 1.29 is 4.74 Å². The molecule has 2 heterocycles. The second-order valence-electron chi connectivity index (χ2n) is 3.20. The summed E-state index contributed by atoms with van der Waals surface area (Å²) in [6.07, 6.45) is 0. The molecule has 80 valence electrons. The number of nitrogens with one attached hydrogen (secondary N) is 2. The molecule has 0 radical (unpaired) electrons. The van der Waals surface area contributed by atoms with E-state index in [1.807, 2.05) is 18.2 Å². The molecule has 0 aliphatic carbocycles. The summed E-state index contributed by atoms with van der Waals surface area (Å²) in [5.74, 6) is 1.79. The minimum Gasteiger partial charge on any atom is -0.497 e. The number of aromatic nitrogens is 6. The Bertz CT molecular complexity index is 614. The van der Waals surface area contributed by atoms with Crippen LogP contribution in [0, 0.1) is 0 Å². The predicted octanol–water partition coefficient (Wildman–Crippen LogP) is 0.752. The molecule has 0 unspecified atom stereocenters. The van der Waals surface area contributed by atoms with Crippen molar-refractivity contribution in [2.24, 2.45) is 0 Å². The van der Waals surface area contributed by atoms with Crippen molar-refractivity contribution in [1.82, 2.24) is 30.6 Å². The molecule has 0 amide bonds. The van der Waals surface area contributed by atoms with Gasteiger partial charge in [0, 0.05) is 6.07 Å². The van der Waals surface area contributed by atoms with E-state index in [0.29, 0.717) is 11.6 Å². The fraction of sp³-hybridized carbons (Fsp3) is 0.111. The van der Waals surface area contributed by atoms with E-state index in [4.69, 9.17) is 4.74 Å². The van der Waals surface area contributed by atoms with E-state index in [0.717, 1.165) is 16.8 Å². The lowest BCUT2D eigenvalue weighted by Gasteiger charge is -1.96. The molecule has 16 heavy (non-hydrogen) atoms. The van der Waals surface area contributed by atoms with E-state index in [-0.39, 0.29) is 0 Å². The molecule has 0 bridgehead atoms. The average Bonchev–Trinajstić information content (AvgIpc) is 2.96. The maximum Gasteiger partial charge on any atom is 0.239 e. The smallest absolute Gasteiger partial charge is 0.239 e. The fourth-order valence-corrected chi connectivity index (χ4v) is 1.48. The lowest BCUT2D eigenvalue weighted by molar-refractivity contribution is 0.415. The van der Waals surface area contributed by atoms with Crippen LogP contribution in [0.3, 0.4) is 0 Å². The lowest BCUT2D eigenvalue weighted by Crippen LogP contribution is -1.82. The summed E-state index contributed by atoms with van der Waals surface area (Å²) in [6.45, 7) is 0. The van der Waals surface area contributed by atoms with Crippen LogP contribution in [0.1, 0.15) is 0 Å². The second-order valence-corrected chi connectivity index (χ2v) is 3.20. The molecule has 2 aromatic heterocycles. The maximum atomic E-state index is 5.12. The standard InChI is InChI=1S/C9H8N6O/c1-16-5-2-3-6-7(4-5)11-8(10-6)9-12-14-15-13-9/h2-4H,1H3,(H,10,11)(H,12,13,14,15). The molecule has 0 spiro atoms. The molecule has 2 N–H and O–H groups in total. The van der Waals surface area contributed by atoms with Gasteiger partial charge >= 0.3 is 0 Å². The van der Waals surface area contributed by atoms with Crippen molar-refractivity contribution in [3.05, 3.63) is 18.2 Å². The largest absolute Gasteiger partial charge is 0.497 e. The molecule has 0 saturated carbocycles. The van der Waals surface area contributed by atoms with Gasteiger partial charge < -0.3 is 9.72 Å². The first-order valence-corrected chi connectivity index (χ1v) is 4.64. The van der Waals surface area contributed by atoms with Gasteiger partial charge in [-0.15, -0.1) is 10.2 Å². The average molecular weight is 216 g/mol. The number of hydrogen-bond donors (Lipinski definition) is 2.